The van der Waals surface area contributed by atoms with E-state index in [0.717, 1.165) is 0 Å². The molecule has 0 radical (unpaired) electrons. The minimum atomic E-state index is -0.724. The highest BCUT2D eigenvalue weighted by Crippen LogP contribution is 2.03. The monoisotopic (exact) mass is 333 g/mol. The van der Waals surface area contributed by atoms with Gasteiger partial charge >= 0.3 is 0 Å². The number of hydrogen-bond acceptors (Lipinski definition) is 4. The predicted molar refractivity (Wildman–Crippen MR) is 83.2 cm³/mol. The zero-order chi connectivity index (χ0) is 15.7. The van der Waals surface area contributed by atoms with Crippen molar-refractivity contribution >= 4 is 24.2 Å². The number of carbonyl (C=O) groups excluding carboxylic acids is 2. The van der Waals surface area contributed by atoms with Crippen LogP contribution in [0.2, 0.25) is 0 Å². The summed E-state index contributed by atoms with van der Waals surface area (Å²) < 4.78 is 17.7. The number of rotatable bonds is 8. The molecule has 0 saturated heterocycles. The van der Waals surface area contributed by atoms with E-state index in [4.69, 9.17) is 10.5 Å². The minimum absolute atomic E-state index is 0. The van der Waals surface area contributed by atoms with Crippen LogP contribution in [0.15, 0.2) is 24.3 Å². The van der Waals surface area contributed by atoms with Crippen LogP contribution < -0.4 is 16.4 Å². The fourth-order valence-corrected chi connectivity index (χ4v) is 1.67. The zero-order valence-corrected chi connectivity index (χ0v) is 13.1. The molecule has 1 aromatic rings. The predicted octanol–water partition coefficient (Wildman–Crippen LogP) is -0.00390. The van der Waals surface area contributed by atoms with E-state index in [1.807, 2.05) is 0 Å². The lowest BCUT2D eigenvalue weighted by Gasteiger charge is -2.11. The highest BCUT2D eigenvalue weighted by atomic mass is 35.5. The summed E-state index contributed by atoms with van der Waals surface area (Å²) in [7, 11) is 1.46. The van der Waals surface area contributed by atoms with Crippen molar-refractivity contribution < 1.29 is 18.7 Å². The van der Waals surface area contributed by atoms with Gasteiger partial charge in [0.05, 0.1) is 13.0 Å². The molecule has 1 atom stereocenters. The summed E-state index contributed by atoms with van der Waals surface area (Å²) in [5.41, 5.74) is 6.12. The lowest BCUT2D eigenvalue weighted by atomic mass is 10.1. The number of benzene rings is 1. The number of methoxy groups -OCH3 is 1. The van der Waals surface area contributed by atoms with Crippen molar-refractivity contribution in [2.24, 2.45) is 5.73 Å². The van der Waals surface area contributed by atoms with Crippen molar-refractivity contribution in [3.8, 4) is 0 Å². The molecule has 0 saturated carbocycles. The van der Waals surface area contributed by atoms with E-state index in [1.165, 1.54) is 19.2 Å². The van der Waals surface area contributed by atoms with Gasteiger partial charge in [-0.1, -0.05) is 12.1 Å². The Morgan fingerprint density at radius 2 is 2.00 bits per heavy atom. The molecular weight excluding hydrogens is 313 g/mol. The van der Waals surface area contributed by atoms with Crippen LogP contribution in [0.5, 0.6) is 0 Å². The van der Waals surface area contributed by atoms with Gasteiger partial charge in [-0.3, -0.25) is 9.59 Å². The SMILES string of the molecule is COCC(N)C(=O)NCCNC(=O)Cc1cccc(F)c1.Cl. The maximum absolute atomic E-state index is 13.0. The average molecular weight is 334 g/mol. The highest BCUT2D eigenvalue weighted by Gasteiger charge is 2.12. The Kier molecular flexibility index (Phi) is 10.1. The fraction of sp³-hybridized carbons (Fsp3) is 0.429. The fourth-order valence-electron chi connectivity index (χ4n) is 1.67. The van der Waals surface area contributed by atoms with Gasteiger partial charge in [-0.05, 0) is 17.7 Å². The molecule has 4 N–H and O–H groups in total. The number of nitrogens with two attached hydrogens (primary N) is 1. The standard InChI is InChI=1S/C14H20FN3O3.ClH/c1-21-9-12(16)14(20)18-6-5-17-13(19)8-10-3-2-4-11(15)7-10;/h2-4,7,12H,5-6,8-9,16H2,1H3,(H,17,19)(H,18,20);1H. The van der Waals surface area contributed by atoms with Gasteiger partial charge in [0.25, 0.3) is 0 Å². The second-order valence-electron chi connectivity index (χ2n) is 4.51. The molecule has 0 fully saturated rings. The van der Waals surface area contributed by atoms with Gasteiger partial charge in [0.1, 0.15) is 11.9 Å². The topological polar surface area (TPSA) is 93.4 Å². The van der Waals surface area contributed by atoms with Gasteiger partial charge < -0.3 is 21.1 Å². The average Bonchev–Trinajstić information content (AvgIpc) is 2.43. The lowest BCUT2D eigenvalue weighted by Crippen LogP contribution is -2.45. The van der Waals surface area contributed by atoms with E-state index < -0.39 is 6.04 Å². The van der Waals surface area contributed by atoms with Gasteiger partial charge in [-0.25, -0.2) is 4.39 Å². The molecule has 0 bridgehead atoms. The number of nitrogens with one attached hydrogen (secondary N) is 2. The normalized spacial score (nSPS) is 11.2. The Bertz CT molecular complexity index is 488. The molecule has 0 aliphatic heterocycles. The second-order valence-corrected chi connectivity index (χ2v) is 4.51. The third-order valence-corrected chi connectivity index (χ3v) is 2.68. The molecule has 1 unspecified atom stereocenters. The smallest absolute Gasteiger partial charge is 0.239 e. The van der Waals surface area contributed by atoms with Crippen LogP contribution in [0, 0.1) is 5.82 Å². The highest BCUT2D eigenvalue weighted by molar-refractivity contribution is 5.85. The molecule has 124 valence electrons. The number of halogens is 2. The summed E-state index contributed by atoms with van der Waals surface area (Å²) in [4.78, 5) is 23.0. The number of carbonyl (C=O) groups is 2. The quantitative estimate of drug-likeness (QED) is 0.584. The molecular formula is C14H21ClFN3O3. The Balaban J connectivity index is 0.00000441. The summed E-state index contributed by atoms with van der Waals surface area (Å²) in [5, 5.41) is 5.21. The molecule has 1 aromatic carbocycles. The first-order valence-corrected chi connectivity index (χ1v) is 6.56. The molecule has 0 heterocycles. The van der Waals surface area contributed by atoms with E-state index in [0.29, 0.717) is 5.56 Å². The van der Waals surface area contributed by atoms with E-state index >= 15 is 0 Å². The van der Waals surface area contributed by atoms with Crippen LogP contribution in [0.3, 0.4) is 0 Å². The third kappa shape index (κ3) is 7.92. The zero-order valence-electron chi connectivity index (χ0n) is 12.3. The van der Waals surface area contributed by atoms with Crippen molar-refractivity contribution in [1.29, 1.82) is 0 Å². The largest absolute Gasteiger partial charge is 0.383 e. The summed E-state index contributed by atoms with van der Waals surface area (Å²) in [6.45, 7) is 0.683. The lowest BCUT2D eigenvalue weighted by molar-refractivity contribution is -0.124. The third-order valence-electron chi connectivity index (χ3n) is 2.68. The van der Waals surface area contributed by atoms with E-state index in [-0.39, 0.29) is 56.2 Å². The first-order valence-electron chi connectivity index (χ1n) is 6.56. The molecule has 0 aliphatic carbocycles. The second kappa shape index (κ2) is 10.9. The van der Waals surface area contributed by atoms with Crippen LogP contribution in [-0.4, -0.2) is 44.7 Å². The minimum Gasteiger partial charge on any atom is -0.383 e. The van der Waals surface area contributed by atoms with Crippen molar-refractivity contribution in [2.75, 3.05) is 26.8 Å². The van der Waals surface area contributed by atoms with Crippen LogP contribution in [0.4, 0.5) is 4.39 Å². The number of hydrogen-bond donors (Lipinski definition) is 3. The van der Waals surface area contributed by atoms with Gasteiger partial charge in [0, 0.05) is 20.2 Å². The molecule has 0 aromatic heterocycles. The Labute approximate surface area is 135 Å². The molecule has 8 heteroatoms. The summed E-state index contributed by atoms with van der Waals surface area (Å²) in [6, 6.07) is 5.13. The van der Waals surface area contributed by atoms with E-state index in [2.05, 4.69) is 10.6 Å². The Morgan fingerprint density at radius 1 is 1.32 bits per heavy atom. The van der Waals surface area contributed by atoms with Crippen molar-refractivity contribution in [2.45, 2.75) is 12.5 Å². The maximum Gasteiger partial charge on any atom is 0.239 e. The first-order chi connectivity index (χ1) is 10.0. The Hall–Kier alpha value is -1.70. The van der Waals surface area contributed by atoms with Gasteiger partial charge in [-0.15, -0.1) is 12.4 Å². The van der Waals surface area contributed by atoms with Crippen molar-refractivity contribution in [3.05, 3.63) is 35.6 Å². The van der Waals surface area contributed by atoms with Crippen molar-refractivity contribution in [3.63, 3.8) is 0 Å². The van der Waals surface area contributed by atoms with Crippen molar-refractivity contribution in [1.82, 2.24) is 10.6 Å². The van der Waals surface area contributed by atoms with Gasteiger partial charge in [0.15, 0.2) is 0 Å². The summed E-state index contributed by atoms with van der Waals surface area (Å²) >= 11 is 0. The summed E-state index contributed by atoms with van der Waals surface area (Å²) in [5.74, 6) is -0.952. The molecule has 0 aliphatic rings. The first kappa shape index (κ1) is 20.3. The number of amides is 2. The van der Waals surface area contributed by atoms with Gasteiger partial charge in [0.2, 0.25) is 11.8 Å². The molecule has 2 amide bonds. The van der Waals surface area contributed by atoms with Crippen LogP contribution in [0.25, 0.3) is 0 Å². The van der Waals surface area contributed by atoms with Gasteiger partial charge in [-0.2, -0.15) is 0 Å². The molecule has 0 spiro atoms. The van der Waals surface area contributed by atoms with E-state index in [1.54, 1.807) is 12.1 Å². The van der Waals surface area contributed by atoms with Crippen LogP contribution >= 0.6 is 12.4 Å². The summed E-state index contributed by atoms with van der Waals surface area (Å²) in [6.07, 6.45) is 0.0922. The van der Waals surface area contributed by atoms with Crippen LogP contribution in [0.1, 0.15) is 5.56 Å². The number of ether oxygens (including phenoxy) is 1. The van der Waals surface area contributed by atoms with Crippen LogP contribution in [-0.2, 0) is 20.7 Å². The maximum atomic E-state index is 13.0. The van der Waals surface area contributed by atoms with E-state index in [9.17, 15) is 14.0 Å². The molecule has 6 nitrogen and oxygen atoms in total. The Morgan fingerprint density at radius 3 is 2.64 bits per heavy atom. The molecule has 1 rings (SSSR count). The molecule has 22 heavy (non-hydrogen) atoms.